The molecule has 418 valence electrons. The second-order valence-corrected chi connectivity index (χ2v) is 21.3. The fraction of sp³-hybridized carbons (Fsp3) is 0.794. The summed E-state index contributed by atoms with van der Waals surface area (Å²) in [5.41, 5.74) is 0. The molecular weight excluding hydrogens is 899 g/mol. The number of carboxylic acid groups (broad SMARTS) is 1. The van der Waals surface area contributed by atoms with Gasteiger partial charge in [0.05, 0.1) is 34.4 Å². The van der Waals surface area contributed by atoms with Crippen molar-refractivity contribution in [3.63, 3.8) is 0 Å². The zero-order valence-corrected chi connectivity index (χ0v) is 47.6. The molecule has 9 heteroatoms. The monoisotopic (exact) mass is 1010 g/mol. The van der Waals surface area contributed by atoms with E-state index < -0.39 is 24.3 Å². The minimum atomic E-state index is -1.51. The van der Waals surface area contributed by atoms with Crippen molar-refractivity contribution in [1.82, 2.24) is 0 Å². The van der Waals surface area contributed by atoms with E-state index in [1.165, 1.54) is 154 Å². The van der Waals surface area contributed by atoms with Crippen molar-refractivity contribution in [2.24, 2.45) is 0 Å². The molecule has 2 atom stereocenters. The summed E-state index contributed by atoms with van der Waals surface area (Å²) in [5, 5.41) is 9.69. The third-order valence-electron chi connectivity index (χ3n) is 13.0. The molecule has 2 unspecified atom stereocenters. The zero-order valence-electron chi connectivity index (χ0n) is 47.6. The predicted molar refractivity (Wildman–Crippen MR) is 304 cm³/mol. The molecular formula is C63H114NO8+. The molecule has 0 rings (SSSR count). The summed E-state index contributed by atoms with van der Waals surface area (Å²) in [5.74, 6) is -2.01. The van der Waals surface area contributed by atoms with Crippen LogP contribution >= 0.6 is 0 Å². The van der Waals surface area contributed by atoms with Gasteiger partial charge in [0.2, 0.25) is 0 Å². The largest absolute Gasteiger partial charge is 0.477 e. The van der Waals surface area contributed by atoms with Gasteiger partial charge in [0.1, 0.15) is 13.2 Å². The summed E-state index contributed by atoms with van der Waals surface area (Å²) in [6, 6.07) is 0. The van der Waals surface area contributed by atoms with Crippen LogP contribution in [0, 0.1) is 0 Å². The number of ether oxygens (including phenoxy) is 4. The van der Waals surface area contributed by atoms with Gasteiger partial charge in [-0.15, -0.1) is 0 Å². The van der Waals surface area contributed by atoms with E-state index in [2.05, 4.69) is 74.6 Å². The Morgan fingerprint density at radius 3 is 1.19 bits per heavy atom. The molecule has 0 amide bonds. The van der Waals surface area contributed by atoms with E-state index in [9.17, 15) is 19.5 Å². The van der Waals surface area contributed by atoms with Crippen LogP contribution in [0.5, 0.6) is 0 Å². The summed E-state index contributed by atoms with van der Waals surface area (Å²) in [6.45, 7) is 4.77. The number of hydrogen-bond donors (Lipinski definition) is 1. The first-order valence-electron chi connectivity index (χ1n) is 30.0. The third-order valence-corrected chi connectivity index (χ3v) is 13.0. The van der Waals surface area contributed by atoms with Crippen molar-refractivity contribution in [2.75, 3.05) is 47.5 Å². The van der Waals surface area contributed by atoms with Gasteiger partial charge >= 0.3 is 17.9 Å². The first-order valence-corrected chi connectivity index (χ1v) is 30.0. The molecule has 0 aliphatic carbocycles. The molecule has 0 aliphatic heterocycles. The van der Waals surface area contributed by atoms with Crippen LogP contribution in [0.4, 0.5) is 0 Å². The molecule has 0 aromatic rings. The van der Waals surface area contributed by atoms with Crippen LogP contribution in [-0.4, -0.2) is 87.4 Å². The second-order valence-electron chi connectivity index (χ2n) is 21.3. The number of carbonyl (C=O) groups is 3. The van der Waals surface area contributed by atoms with Crippen molar-refractivity contribution in [3.8, 4) is 0 Å². The van der Waals surface area contributed by atoms with Gasteiger partial charge in [-0.25, -0.2) is 4.79 Å². The average Bonchev–Trinajstić information content (AvgIpc) is 3.35. The quantitative estimate of drug-likeness (QED) is 0.0211. The summed E-state index contributed by atoms with van der Waals surface area (Å²) in [6.07, 6.45) is 66.0. The molecule has 1 N–H and O–H groups in total. The standard InChI is InChI=1S/C63H113NO8/c1-6-8-10-12-14-16-18-20-22-23-24-25-26-27-28-29-30-31-32-33-34-35-36-37-38-39-40-42-44-46-48-50-52-54-61(66)72-59(58-71-63(62(67)68)69-56-55-64(3,4)5)57-70-60(65)53-51-49-47-45-43-41-21-19-17-15-13-11-9-7-2/h8,10,14,16,19-22,24-25,59,63H,6-7,9,11-13,15,17-18,23,26-58H2,1-5H3/p+1/b10-8-,16-14-,21-19-,22-20-,25-24-. The van der Waals surface area contributed by atoms with E-state index in [1.54, 1.807) is 0 Å². The number of allylic oxidation sites excluding steroid dienone is 10. The molecule has 0 radical (unpaired) electrons. The molecule has 0 heterocycles. The van der Waals surface area contributed by atoms with E-state index >= 15 is 0 Å². The van der Waals surface area contributed by atoms with E-state index in [-0.39, 0.29) is 32.2 Å². The van der Waals surface area contributed by atoms with Crippen LogP contribution in [0.3, 0.4) is 0 Å². The van der Waals surface area contributed by atoms with Crippen LogP contribution in [0.25, 0.3) is 0 Å². The van der Waals surface area contributed by atoms with E-state index in [1.807, 2.05) is 21.1 Å². The van der Waals surface area contributed by atoms with E-state index in [4.69, 9.17) is 18.9 Å². The maximum absolute atomic E-state index is 12.9. The number of aliphatic carboxylic acids is 1. The van der Waals surface area contributed by atoms with Gasteiger partial charge in [0, 0.05) is 12.8 Å². The van der Waals surface area contributed by atoms with Gasteiger partial charge in [-0.1, -0.05) is 235 Å². The number of carboxylic acids is 1. The number of nitrogens with zero attached hydrogens (tertiary/aromatic N) is 1. The lowest BCUT2D eigenvalue weighted by molar-refractivity contribution is -0.870. The van der Waals surface area contributed by atoms with Gasteiger partial charge in [-0.2, -0.15) is 0 Å². The molecule has 0 saturated carbocycles. The van der Waals surface area contributed by atoms with Gasteiger partial charge in [0.25, 0.3) is 6.29 Å². The highest BCUT2D eigenvalue weighted by molar-refractivity contribution is 5.71. The highest BCUT2D eigenvalue weighted by atomic mass is 16.7. The molecule has 0 aliphatic rings. The van der Waals surface area contributed by atoms with E-state index in [0.717, 1.165) is 83.5 Å². The van der Waals surface area contributed by atoms with Gasteiger partial charge in [-0.05, 0) is 77.0 Å². The molecule has 72 heavy (non-hydrogen) atoms. The number of quaternary nitrogens is 1. The average molecular weight is 1010 g/mol. The lowest BCUT2D eigenvalue weighted by Gasteiger charge is -2.25. The fourth-order valence-corrected chi connectivity index (χ4v) is 8.41. The van der Waals surface area contributed by atoms with Gasteiger partial charge < -0.3 is 28.5 Å². The number of esters is 2. The Morgan fingerprint density at radius 2 is 0.792 bits per heavy atom. The predicted octanol–water partition coefficient (Wildman–Crippen LogP) is 17.6. The highest BCUT2D eigenvalue weighted by Gasteiger charge is 2.25. The molecule has 0 saturated heterocycles. The summed E-state index contributed by atoms with van der Waals surface area (Å²) in [7, 11) is 5.97. The van der Waals surface area contributed by atoms with Crippen molar-refractivity contribution < 1.29 is 42.9 Å². The Bertz CT molecular complexity index is 1360. The normalized spacial score (nSPS) is 13.2. The molecule has 0 aromatic heterocycles. The van der Waals surface area contributed by atoms with Gasteiger partial charge in [-0.3, -0.25) is 9.59 Å². The van der Waals surface area contributed by atoms with Crippen LogP contribution in [0.2, 0.25) is 0 Å². The Labute approximate surface area is 444 Å². The Kier molecular flexibility index (Phi) is 52.0. The number of hydrogen-bond acceptors (Lipinski definition) is 7. The third kappa shape index (κ3) is 54.8. The SMILES string of the molecule is CC/C=C\C/C=C\C/C=C\C/C=C\CCCCCCCCCCCCCCCCCCCCCCC(=O)OC(COC(=O)CCCCCCC/C=C\CCCCCCC)COC(OCC[N+](C)(C)C)C(=O)O. The molecule has 9 nitrogen and oxygen atoms in total. The number of rotatable bonds is 55. The van der Waals surface area contributed by atoms with Crippen molar-refractivity contribution in [2.45, 2.75) is 277 Å². The highest BCUT2D eigenvalue weighted by Crippen LogP contribution is 2.17. The topological polar surface area (TPSA) is 108 Å². The van der Waals surface area contributed by atoms with Gasteiger partial charge in [0.15, 0.2) is 6.10 Å². The minimum Gasteiger partial charge on any atom is -0.477 e. The lowest BCUT2D eigenvalue weighted by atomic mass is 10.0. The summed E-state index contributed by atoms with van der Waals surface area (Å²) in [4.78, 5) is 37.4. The van der Waals surface area contributed by atoms with Crippen LogP contribution in [-0.2, 0) is 33.3 Å². The lowest BCUT2D eigenvalue weighted by Crippen LogP contribution is -2.40. The fourth-order valence-electron chi connectivity index (χ4n) is 8.41. The van der Waals surface area contributed by atoms with Crippen molar-refractivity contribution >= 4 is 17.9 Å². The molecule has 0 bridgehead atoms. The van der Waals surface area contributed by atoms with Crippen LogP contribution in [0.1, 0.15) is 264 Å². The Morgan fingerprint density at radius 1 is 0.431 bits per heavy atom. The first-order chi connectivity index (χ1) is 35.1. The van der Waals surface area contributed by atoms with E-state index in [0.29, 0.717) is 17.4 Å². The molecule has 0 aromatic carbocycles. The number of unbranched alkanes of at least 4 members (excludes halogenated alkanes) is 30. The maximum Gasteiger partial charge on any atom is 0.361 e. The summed E-state index contributed by atoms with van der Waals surface area (Å²) >= 11 is 0. The van der Waals surface area contributed by atoms with Crippen molar-refractivity contribution in [1.29, 1.82) is 0 Å². The first kappa shape index (κ1) is 69.0. The molecule has 0 spiro atoms. The Hall–Kier alpha value is -3.01. The second kappa shape index (κ2) is 54.3. The van der Waals surface area contributed by atoms with Crippen molar-refractivity contribution in [3.05, 3.63) is 60.8 Å². The molecule has 0 fully saturated rings. The Balaban J connectivity index is 4.07. The van der Waals surface area contributed by atoms with Crippen LogP contribution in [0.15, 0.2) is 60.8 Å². The smallest absolute Gasteiger partial charge is 0.361 e. The summed E-state index contributed by atoms with van der Waals surface area (Å²) < 4.78 is 22.9. The van der Waals surface area contributed by atoms with Crippen LogP contribution < -0.4 is 0 Å². The maximum atomic E-state index is 12.9. The zero-order chi connectivity index (χ0) is 52.7. The minimum absolute atomic E-state index is 0.184. The number of likely N-dealkylation sites (N-methyl/N-ethyl adjacent to an activating group) is 1. The number of carbonyl (C=O) groups excluding carboxylic acids is 2.